The third-order valence-electron chi connectivity index (χ3n) is 3.15. The molecule has 136 valence electrons. The van der Waals surface area contributed by atoms with Gasteiger partial charge in [-0.25, -0.2) is 0 Å². The largest absolute Gasteiger partial charge is 0.464 e. The van der Waals surface area contributed by atoms with Crippen LogP contribution in [-0.2, 0) is 19.1 Å². The minimum Gasteiger partial charge on any atom is -0.464 e. The van der Waals surface area contributed by atoms with Gasteiger partial charge < -0.3 is 20.5 Å². The molecule has 0 unspecified atom stereocenters. The molecule has 7 nitrogen and oxygen atoms in total. The number of nitrogens with one attached hydrogen (secondary N) is 2. The Bertz CT molecular complexity index is 437. The second-order valence-electron chi connectivity index (χ2n) is 5.42. The Morgan fingerprint density at radius 1 is 1.25 bits per heavy atom. The highest BCUT2D eigenvalue weighted by Crippen LogP contribution is 2.10. The highest BCUT2D eigenvalue weighted by molar-refractivity contribution is 5.86. The molecule has 0 rings (SSSR count). The minimum absolute atomic E-state index is 0.00131. The topological polar surface area (TPSA) is 105 Å². The normalized spacial score (nSPS) is 12.6. The zero-order valence-electron chi connectivity index (χ0n) is 14.3. The molecule has 0 aliphatic heterocycles. The second-order valence-corrected chi connectivity index (χ2v) is 5.42. The highest BCUT2D eigenvalue weighted by Gasteiger charge is 2.21. The van der Waals surface area contributed by atoms with Crippen LogP contribution in [0.25, 0.3) is 0 Å². The van der Waals surface area contributed by atoms with Crippen LogP contribution in [0.2, 0.25) is 0 Å². The van der Waals surface area contributed by atoms with Crippen LogP contribution in [0.15, 0.2) is 25.3 Å². The first-order valence-corrected chi connectivity index (χ1v) is 7.99. The quantitative estimate of drug-likeness (QED) is 0.260. The second kappa shape index (κ2) is 13.3. The summed E-state index contributed by atoms with van der Waals surface area (Å²) in [6.45, 7) is 8.87. The number of hydrogen-bond acceptors (Lipinski definition) is 5. The van der Waals surface area contributed by atoms with Crippen LogP contribution in [0.3, 0.4) is 0 Å². The maximum Gasteiger partial charge on any atom is 0.306 e. The van der Waals surface area contributed by atoms with Gasteiger partial charge in [-0.2, -0.15) is 0 Å². The van der Waals surface area contributed by atoms with E-state index < -0.39 is 5.92 Å². The molecule has 2 amide bonds. The van der Waals surface area contributed by atoms with Crippen LogP contribution < -0.4 is 10.6 Å². The molecule has 0 saturated carbocycles. The van der Waals surface area contributed by atoms with E-state index in [0.717, 1.165) is 0 Å². The lowest BCUT2D eigenvalue weighted by Gasteiger charge is -2.17. The van der Waals surface area contributed by atoms with Gasteiger partial charge in [0.15, 0.2) is 0 Å². The van der Waals surface area contributed by atoms with Gasteiger partial charge in [0, 0.05) is 18.9 Å². The summed E-state index contributed by atoms with van der Waals surface area (Å²) in [6.07, 6.45) is 4.37. The summed E-state index contributed by atoms with van der Waals surface area (Å²) in [6, 6.07) is -0.361. The van der Waals surface area contributed by atoms with E-state index in [4.69, 9.17) is 9.84 Å². The fourth-order valence-corrected chi connectivity index (χ4v) is 1.86. The van der Waals surface area contributed by atoms with Crippen LogP contribution in [0.5, 0.6) is 0 Å². The lowest BCUT2D eigenvalue weighted by molar-refractivity contribution is -0.144. The van der Waals surface area contributed by atoms with E-state index in [-0.39, 0.29) is 56.4 Å². The Balaban J connectivity index is 4.19. The zero-order valence-corrected chi connectivity index (χ0v) is 14.3. The third-order valence-corrected chi connectivity index (χ3v) is 3.15. The van der Waals surface area contributed by atoms with Gasteiger partial charge in [-0.3, -0.25) is 14.4 Å². The molecular formula is C17H28N2O5. The van der Waals surface area contributed by atoms with Crippen molar-refractivity contribution in [3.63, 3.8) is 0 Å². The molecule has 0 saturated heterocycles. The number of ether oxygens (including phenoxy) is 1. The zero-order chi connectivity index (χ0) is 18.4. The van der Waals surface area contributed by atoms with E-state index in [1.54, 1.807) is 19.1 Å². The number of carbonyl (C=O) groups is 3. The van der Waals surface area contributed by atoms with Gasteiger partial charge in [-0.15, -0.1) is 13.2 Å². The molecule has 0 aromatic heterocycles. The molecule has 7 heteroatoms. The van der Waals surface area contributed by atoms with Gasteiger partial charge in [-0.1, -0.05) is 12.2 Å². The van der Waals surface area contributed by atoms with Crippen molar-refractivity contribution in [2.45, 2.75) is 38.6 Å². The number of esters is 1. The van der Waals surface area contributed by atoms with Crippen molar-refractivity contribution in [1.82, 2.24) is 10.6 Å². The predicted octanol–water partition coefficient (Wildman–Crippen LogP) is 0.691. The fraction of sp³-hybridized carbons (Fsp3) is 0.588. The lowest BCUT2D eigenvalue weighted by Crippen LogP contribution is -2.39. The molecule has 0 aliphatic carbocycles. The lowest BCUT2D eigenvalue weighted by atomic mass is 9.99. The van der Waals surface area contributed by atoms with Crippen molar-refractivity contribution in [3.05, 3.63) is 25.3 Å². The first kappa shape index (κ1) is 21.9. The van der Waals surface area contributed by atoms with Crippen molar-refractivity contribution >= 4 is 17.8 Å². The predicted molar refractivity (Wildman–Crippen MR) is 91.0 cm³/mol. The van der Waals surface area contributed by atoms with Crippen molar-refractivity contribution in [2.24, 2.45) is 5.92 Å². The molecule has 0 radical (unpaired) electrons. The summed E-state index contributed by atoms with van der Waals surface area (Å²) in [5.41, 5.74) is 0. The summed E-state index contributed by atoms with van der Waals surface area (Å²) in [5.74, 6) is -1.51. The minimum atomic E-state index is -0.551. The Labute approximate surface area is 143 Å². The number of amides is 2. The molecule has 0 spiro atoms. The Hall–Kier alpha value is -2.15. The van der Waals surface area contributed by atoms with Crippen LogP contribution >= 0.6 is 0 Å². The fourth-order valence-electron chi connectivity index (χ4n) is 1.86. The van der Waals surface area contributed by atoms with Crippen molar-refractivity contribution in [3.8, 4) is 0 Å². The third kappa shape index (κ3) is 10.6. The number of rotatable bonds is 13. The Morgan fingerprint density at radius 3 is 2.54 bits per heavy atom. The molecule has 2 atom stereocenters. The average molecular weight is 340 g/mol. The van der Waals surface area contributed by atoms with E-state index in [1.165, 1.54) is 0 Å². The smallest absolute Gasteiger partial charge is 0.306 e. The SMILES string of the molecule is C=CCCC(=O)OCCNC(=O)[C@H](CC=C)CC(=O)N[C@@H](C)CO. The number of carbonyl (C=O) groups excluding carboxylic acids is 3. The first-order valence-electron chi connectivity index (χ1n) is 7.99. The Morgan fingerprint density at radius 2 is 1.96 bits per heavy atom. The molecule has 0 aromatic rings. The maximum atomic E-state index is 12.1. The van der Waals surface area contributed by atoms with E-state index in [9.17, 15) is 14.4 Å². The van der Waals surface area contributed by atoms with Gasteiger partial charge in [0.05, 0.1) is 19.1 Å². The van der Waals surface area contributed by atoms with Crippen LogP contribution in [0.1, 0.15) is 32.6 Å². The standard InChI is InChI=1S/C17H28N2O5/c1-4-6-8-16(22)24-10-9-18-17(23)14(7-5-2)11-15(21)19-13(3)12-20/h4-5,13-14,20H,1-2,6-12H2,3H3,(H,18,23)(H,19,21)/t13-,14+/m0/s1. The number of aliphatic hydroxyl groups is 1. The summed E-state index contributed by atoms with van der Waals surface area (Å²) in [7, 11) is 0. The molecular weight excluding hydrogens is 312 g/mol. The average Bonchev–Trinajstić information content (AvgIpc) is 2.55. The van der Waals surface area contributed by atoms with E-state index >= 15 is 0 Å². The first-order chi connectivity index (χ1) is 11.4. The monoisotopic (exact) mass is 340 g/mol. The van der Waals surface area contributed by atoms with Crippen molar-refractivity contribution < 1.29 is 24.2 Å². The van der Waals surface area contributed by atoms with Gasteiger partial charge in [0.2, 0.25) is 11.8 Å². The van der Waals surface area contributed by atoms with Crippen LogP contribution in [-0.4, -0.2) is 48.7 Å². The van der Waals surface area contributed by atoms with E-state index in [1.807, 2.05) is 0 Å². The van der Waals surface area contributed by atoms with E-state index in [0.29, 0.717) is 12.8 Å². The summed E-state index contributed by atoms with van der Waals surface area (Å²) in [4.78, 5) is 35.2. The number of allylic oxidation sites excluding steroid dienone is 2. The van der Waals surface area contributed by atoms with Gasteiger partial charge in [-0.05, 0) is 19.8 Å². The number of aliphatic hydroxyl groups excluding tert-OH is 1. The van der Waals surface area contributed by atoms with Crippen molar-refractivity contribution in [2.75, 3.05) is 19.8 Å². The van der Waals surface area contributed by atoms with E-state index in [2.05, 4.69) is 23.8 Å². The molecule has 0 aliphatic rings. The molecule has 0 fully saturated rings. The van der Waals surface area contributed by atoms with Gasteiger partial charge in [0.1, 0.15) is 6.61 Å². The van der Waals surface area contributed by atoms with Crippen molar-refractivity contribution in [1.29, 1.82) is 0 Å². The molecule has 0 aromatic carbocycles. The molecule has 0 heterocycles. The summed E-state index contributed by atoms with van der Waals surface area (Å²) >= 11 is 0. The maximum absolute atomic E-state index is 12.1. The van der Waals surface area contributed by atoms with Gasteiger partial charge in [0.25, 0.3) is 0 Å². The highest BCUT2D eigenvalue weighted by atomic mass is 16.5. The number of hydrogen-bond donors (Lipinski definition) is 3. The molecule has 24 heavy (non-hydrogen) atoms. The summed E-state index contributed by atoms with van der Waals surface area (Å²) < 4.78 is 4.95. The van der Waals surface area contributed by atoms with Gasteiger partial charge >= 0.3 is 5.97 Å². The molecule has 0 bridgehead atoms. The van der Waals surface area contributed by atoms with Crippen LogP contribution in [0.4, 0.5) is 0 Å². The Kier molecular flexibility index (Phi) is 12.1. The van der Waals surface area contributed by atoms with Crippen LogP contribution in [0, 0.1) is 5.92 Å². The molecule has 3 N–H and O–H groups in total. The summed E-state index contributed by atoms with van der Waals surface area (Å²) in [5, 5.41) is 14.1.